The molecule has 6 rings (SSSR count). The van der Waals surface area contributed by atoms with E-state index in [1.54, 1.807) is 0 Å². The number of aromatic nitrogens is 1. The standard InChI is InChI=1S/C27H16N.C5H8O2.Ir/c1-3-9-21-18(7-1)13-14-20-16-27(28-17-26(20)21)25-15-19-8-2-4-10-22(19)23-11-5-6-12-24(23)25;1-4(6)3-5(2)7;/h1-14,16-17H;3,6H,1-2H3;/q-1;;/b;4-3-;. The summed E-state index contributed by atoms with van der Waals surface area (Å²) >= 11 is 0. The third kappa shape index (κ3) is 5.06. The van der Waals surface area contributed by atoms with E-state index in [1.165, 1.54) is 57.6 Å². The minimum Gasteiger partial charge on any atom is -0.512 e. The quantitative estimate of drug-likeness (QED) is 0.0894. The molecule has 0 unspecified atom stereocenters. The first kappa shape index (κ1) is 25.2. The number of hydrogen-bond acceptors (Lipinski definition) is 3. The van der Waals surface area contributed by atoms with Gasteiger partial charge in [0.2, 0.25) is 0 Å². The van der Waals surface area contributed by atoms with E-state index in [4.69, 9.17) is 10.1 Å². The van der Waals surface area contributed by atoms with Gasteiger partial charge in [-0.1, -0.05) is 107 Å². The van der Waals surface area contributed by atoms with Crippen molar-refractivity contribution in [2.45, 2.75) is 13.8 Å². The molecule has 0 saturated carbocycles. The minimum absolute atomic E-state index is 0. The average Bonchev–Trinajstić information content (AvgIpc) is 2.87. The van der Waals surface area contributed by atoms with E-state index in [0.717, 1.165) is 16.6 Å². The second-order valence-corrected chi connectivity index (χ2v) is 8.56. The van der Waals surface area contributed by atoms with Crippen molar-refractivity contribution in [3.05, 3.63) is 115 Å². The molecule has 0 saturated heterocycles. The van der Waals surface area contributed by atoms with E-state index in [0.29, 0.717) is 0 Å². The third-order valence-electron chi connectivity index (χ3n) is 5.97. The first-order valence-corrected chi connectivity index (χ1v) is 11.5. The fourth-order valence-electron chi connectivity index (χ4n) is 4.50. The second kappa shape index (κ2) is 10.8. The third-order valence-corrected chi connectivity index (χ3v) is 5.97. The molecule has 36 heavy (non-hydrogen) atoms. The van der Waals surface area contributed by atoms with E-state index in [-0.39, 0.29) is 31.6 Å². The van der Waals surface area contributed by atoms with E-state index in [1.807, 2.05) is 6.20 Å². The molecular weight excluding hydrogens is 623 g/mol. The zero-order valence-corrected chi connectivity index (χ0v) is 22.3. The Morgan fingerprint density at radius 1 is 0.750 bits per heavy atom. The molecule has 0 atom stereocenters. The molecule has 1 N–H and O–H groups in total. The molecule has 3 nitrogen and oxygen atoms in total. The van der Waals surface area contributed by atoms with Crippen molar-refractivity contribution in [2.75, 3.05) is 0 Å². The summed E-state index contributed by atoms with van der Waals surface area (Å²) in [6.45, 7) is 2.85. The van der Waals surface area contributed by atoms with Gasteiger partial charge < -0.3 is 5.11 Å². The Hall–Kier alpha value is -3.85. The van der Waals surface area contributed by atoms with Gasteiger partial charge in [-0.25, -0.2) is 0 Å². The molecule has 1 heterocycles. The minimum atomic E-state index is -0.125. The number of aliphatic hydroxyl groups is 1. The summed E-state index contributed by atoms with van der Waals surface area (Å²) in [5, 5.41) is 18.0. The fourth-order valence-corrected chi connectivity index (χ4v) is 4.50. The van der Waals surface area contributed by atoms with Crippen LogP contribution < -0.4 is 0 Å². The largest absolute Gasteiger partial charge is 0.512 e. The van der Waals surface area contributed by atoms with Gasteiger partial charge in [-0.2, -0.15) is 0 Å². The average molecular weight is 647 g/mol. The van der Waals surface area contributed by atoms with Crippen LogP contribution in [-0.2, 0) is 24.9 Å². The molecule has 1 radical (unpaired) electrons. The number of allylic oxidation sites excluding steroid dienone is 2. The predicted molar refractivity (Wildman–Crippen MR) is 146 cm³/mol. The van der Waals surface area contributed by atoms with Gasteiger partial charge in [-0.3, -0.25) is 9.78 Å². The number of rotatable bonds is 2. The Kier molecular flexibility index (Phi) is 7.59. The van der Waals surface area contributed by atoms with Crippen LogP contribution in [0.1, 0.15) is 13.8 Å². The van der Waals surface area contributed by atoms with Crippen molar-refractivity contribution >= 4 is 48.9 Å². The molecule has 4 heteroatoms. The van der Waals surface area contributed by atoms with Gasteiger partial charge in [0.25, 0.3) is 0 Å². The Bertz CT molecular complexity index is 1750. The van der Waals surface area contributed by atoms with Crippen molar-refractivity contribution in [3.8, 4) is 11.3 Å². The maximum Gasteiger partial charge on any atom is 0.155 e. The number of ketones is 1. The Morgan fingerprint density at radius 2 is 1.36 bits per heavy atom. The van der Waals surface area contributed by atoms with Crippen LogP contribution in [0.3, 0.4) is 0 Å². The Balaban J connectivity index is 0.000000338. The number of hydrogen-bond donors (Lipinski definition) is 1. The normalized spacial score (nSPS) is 11.2. The number of carbonyl (C=O) groups excluding carboxylic acids is 1. The summed E-state index contributed by atoms with van der Waals surface area (Å²) in [6.07, 6.45) is 3.17. The smallest absolute Gasteiger partial charge is 0.155 e. The molecule has 179 valence electrons. The SMILES string of the molecule is CC(=O)/C=C(/C)O.[Ir].[c-]1c(-c2cc3ccc4ccccc4c3cn2)c2ccccc2c2ccccc12. The molecule has 0 aliphatic carbocycles. The molecule has 5 aromatic carbocycles. The number of nitrogens with zero attached hydrogens (tertiary/aromatic N) is 1. The van der Waals surface area contributed by atoms with Gasteiger partial charge in [0.1, 0.15) is 0 Å². The number of benzene rings is 5. The zero-order chi connectivity index (χ0) is 24.4. The van der Waals surface area contributed by atoms with Crippen molar-refractivity contribution in [1.82, 2.24) is 4.98 Å². The van der Waals surface area contributed by atoms with Gasteiger partial charge >= 0.3 is 0 Å². The molecule has 0 bridgehead atoms. The van der Waals surface area contributed by atoms with Crippen LogP contribution in [-0.4, -0.2) is 15.9 Å². The number of fused-ring (bicyclic) bond motifs is 6. The van der Waals surface area contributed by atoms with Crippen LogP contribution in [0.2, 0.25) is 0 Å². The second-order valence-electron chi connectivity index (χ2n) is 8.56. The number of carbonyl (C=O) groups is 1. The molecule has 6 aromatic rings. The topological polar surface area (TPSA) is 50.2 Å². The first-order chi connectivity index (χ1) is 17.0. The summed E-state index contributed by atoms with van der Waals surface area (Å²) in [4.78, 5) is 14.9. The summed E-state index contributed by atoms with van der Waals surface area (Å²) < 4.78 is 0. The predicted octanol–water partition coefficient (Wildman–Crippen LogP) is 8.20. The van der Waals surface area contributed by atoms with Crippen LogP contribution >= 0.6 is 0 Å². The van der Waals surface area contributed by atoms with Crippen molar-refractivity contribution < 1.29 is 30.0 Å². The monoisotopic (exact) mass is 647 g/mol. The van der Waals surface area contributed by atoms with E-state index in [2.05, 4.69) is 97.1 Å². The summed E-state index contributed by atoms with van der Waals surface area (Å²) in [5.74, 6) is -0.0625. The number of pyridine rings is 1. The van der Waals surface area contributed by atoms with Crippen molar-refractivity contribution in [2.24, 2.45) is 0 Å². The molecular formula is C32H24IrNO2-. The molecule has 0 amide bonds. The number of aliphatic hydroxyl groups excluding tert-OH is 1. The molecule has 0 fully saturated rings. The molecule has 0 spiro atoms. The maximum atomic E-state index is 10.0. The van der Waals surface area contributed by atoms with Crippen LogP contribution in [0, 0.1) is 6.07 Å². The van der Waals surface area contributed by atoms with Gasteiger partial charge in [-0.05, 0) is 30.0 Å². The van der Waals surface area contributed by atoms with Crippen molar-refractivity contribution in [1.29, 1.82) is 0 Å². The van der Waals surface area contributed by atoms with E-state index < -0.39 is 0 Å². The van der Waals surface area contributed by atoms with Gasteiger partial charge in [0.05, 0.1) is 5.76 Å². The molecule has 0 aliphatic rings. The van der Waals surface area contributed by atoms with Gasteiger partial charge in [0, 0.05) is 43.5 Å². The van der Waals surface area contributed by atoms with Crippen LogP contribution in [0.4, 0.5) is 0 Å². The maximum absolute atomic E-state index is 10.0. The van der Waals surface area contributed by atoms with Gasteiger partial charge in [-0.15, -0.1) is 17.5 Å². The Morgan fingerprint density at radius 3 is 2.06 bits per heavy atom. The van der Waals surface area contributed by atoms with Crippen LogP contribution in [0.15, 0.2) is 109 Å². The fraction of sp³-hybridized carbons (Fsp3) is 0.0625. The van der Waals surface area contributed by atoms with Crippen molar-refractivity contribution in [3.63, 3.8) is 0 Å². The van der Waals surface area contributed by atoms with Crippen LogP contribution in [0.25, 0.3) is 54.3 Å². The molecule has 0 aliphatic heterocycles. The summed E-state index contributed by atoms with van der Waals surface area (Å²) in [6, 6.07) is 35.6. The van der Waals surface area contributed by atoms with Crippen LogP contribution in [0.5, 0.6) is 0 Å². The molecule has 1 aromatic heterocycles. The first-order valence-electron chi connectivity index (χ1n) is 11.5. The van der Waals surface area contributed by atoms with E-state index in [9.17, 15) is 4.79 Å². The summed E-state index contributed by atoms with van der Waals surface area (Å²) in [5.41, 5.74) is 2.02. The van der Waals surface area contributed by atoms with E-state index >= 15 is 0 Å². The van der Waals surface area contributed by atoms with Gasteiger partial charge in [0.15, 0.2) is 5.78 Å². The zero-order valence-electron chi connectivity index (χ0n) is 20.0. The Labute approximate surface area is 223 Å². The summed E-state index contributed by atoms with van der Waals surface area (Å²) in [7, 11) is 0.